The average molecular weight is 417 g/mol. The highest BCUT2D eigenvalue weighted by Crippen LogP contribution is 2.30. The molecule has 30 heavy (non-hydrogen) atoms. The van der Waals surface area contributed by atoms with Gasteiger partial charge in [0.25, 0.3) is 0 Å². The fourth-order valence-corrected chi connectivity index (χ4v) is 4.35. The Morgan fingerprint density at radius 1 is 1.07 bits per heavy atom. The Hall–Kier alpha value is -2.57. The van der Waals surface area contributed by atoms with Crippen molar-refractivity contribution in [3.8, 4) is 0 Å². The van der Waals surface area contributed by atoms with Crippen molar-refractivity contribution < 1.29 is 18.0 Å². The van der Waals surface area contributed by atoms with Crippen LogP contribution in [0.2, 0.25) is 0 Å². The third-order valence-electron chi connectivity index (χ3n) is 6.04. The van der Waals surface area contributed by atoms with E-state index in [9.17, 15) is 18.0 Å². The lowest BCUT2D eigenvalue weighted by atomic mass is 9.90. The summed E-state index contributed by atoms with van der Waals surface area (Å²) in [6, 6.07) is 8.95. The Morgan fingerprint density at radius 3 is 2.47 bits per heavy atom. The van der Waals surface area contributed by atoms with Crippen LogP contribution in [0.3, 0.4) is 0 Å². The summed E-state index contributed by atoms with van der Waals surface area (Å²) in [5.41, 5.74) is 3.11. The fourth-order valence-electron chi connectivity index (χ4n) is 4.35. The largest absolute Gasteiger partial charge is 0.417 e. The molecule has 0 radical (unpaired) electrons. The number of halogens is 3. The van der Waals surface area contributed by atoms with Gasteiger partial charge in [0.1, 0.15) is 5.82 Å². The summed E-state index contributed by atoms with van der Waals surface area (Å²) >= 11 is 0. The predicted octanol–water partition coefficient (Wildman–Crippen LogP) is 4.31. The first-order valence-corrected chi connectivity index (χ1v) is 10.6. The number of hydrogen-bond donors (Lipinski definition) is 1. The molecule has 4 nitrogen and oxygen atoms in total. The van der Waals surface area contributed by atoms with Gasteiger partial charge in [-0.05, 0) is 67.3 Å². The van der Waals surface area contributed by atoms with Crippen LogP contribution in [0.1, 0.15) is 47.9 Å². The predicted molar refractivity (Wildman–Crippen MR) is 109 cm³/mol. The SMILES string of the molecule is O=C(Cc1ccc2c(c1)CCCC2)NC1CCN(c2ccc(C(F)(F)F)cn2)CC1. The van der Waals surface area contributed by atoms with E-state index in [1.165, 1.54) is 30.0 Å². The van der Waals surface area contributed by atoms with Gasteiger partial charge in [0.05, 0.1) is 12.0 Å². The van der Waals surface area contributed by atoms with Gasteiger partial charge in [0, 0.05) is 25.3 Å². The Kier molecular flexibility index (Phi) is 5.97. The minimum Gasteiger partial charge on any atom is -0.356 e. The van der Waals surface area contributed by atoms with Crippen LogP contribution in [0.4, 0.5) is 19.0 Å². The van der Waals surface area contributed by atoms with Crippen molar-refractivity contribution in [2.24, 2.45) is 0 Å². The van der Waals surface area contributed by atoms with Crippen molar-refractivity contribution in [1.29, 1.82) is 0 Å². The van der Waals surface area contributed by atoms with Crippen LogP contribution in [0.5, 0.6) is 0 Å². The Morgan fingerprint density at radius 2 is 1.80 bits per heavy atom. The molecule has 0 unspecified atom stereocenters. The first-order valence-electron chi connectivity index (χ1n) is 10.6. The van der Waals surface area contributed by atoms with Crippen LogP contribution >= 0.6 is 0 Å². The summed E-state index contributed by atoms with van der Waals surface area (Å²) in [6.07, 6.45) is 3.08. The molecule has 1 amide bonds. The number of carbonyl (C=O) groups excluding carboxylic acids is 1. The van der Waals surface area contributed by atoms with Crippen LogP contribution in [0.25, 0.3) is 0 Å². The lowest BCUT2D eigenvalue weighted by Gasteiger charge is -2.33. The molecule has 2 aromatic rings. The minimum absolute atomic E-state index is 0.0249. The molecule has 1 aromatic carbocycles. The molecule has 0 saturated carbocycles. The number of aromatic nitrogens is 1. The number of nitrogens with one attached hydrogen (secondary N) is 1. The normalized spacial score (nSPS) is 17.5. The molecular weight excluding hydrogens is 391 g/mol. The van der Waals surface area contributed by atoms with Crippen LogP contribution < -0.4 is 10.2 Å². The third-order valence-corrected chi connectivity index (χ3v) is 6.04. The van der Waals surface area contributed by atoms with Crippen LogP contribution in [0, 0.1) is 0 Å². The van der Waals surface area contributed by atoms with Gasteiger partial charge in [-0.15, -0.1) is 0 Å². The van der Waals surface area contributed by atoms with E-state index in [0.29, 0.717) is 25.3 Å². The van der Waals surface area contributed by atoms with Gasteiger partial charge in [-0.2, -0.15) is 13.2 Å². The van der Waals surface area contributed by atoms with Crippen LogP contribution in [-0.4, -0.2) is 30.0 Å². The van der Waals surface area contributed by atoms with Crippen molar-refractivity contribution in [3.05, 3.63) is 58.8 Å². The number of pyridine rings is 1. The van der Waals surface area contributed by atoms with Crippen molar-refractivity contribution in [2.45, 2.75) is 57.2 Å². The first-order chi connectivity index (χ1) is 14.4. The second kappa shape index (κ2) is 8.66. The quantitative estimate of drug-likeness (QED) is 0.807. The number of rotatable bonds is 4. The second-order valence-electron chi connectivity index (χ2n) is 8.22. The minimum atomic E-state index is -4.37. The lowest BCUT2D eigenvalue weighted by molar-refractivity contribution is -0.137. The number of carbonyl (C=O) groups is 1. The summed E-state index contributed by atoms with van der Waals surface area (Å²) in [5.74, 6) is 0.568. The van der Waals surface area contributed by atoms with Gasteiger partial charge in [-0.25, -0.2) is 4.98 Å². The van der Waals surface area contributed by atoms with E-state index in [-0.39, 0.29) is 11.9 Å². The van der Waals surface area contributed by atoms with E-state index in [1.807, 2.05) is 4.90 Å². The number of hydrogen-bond acceptors (Lipinski definition) is 3. The highest BCUT2D eigenvalue weighted by Gasteiger charge is 2.31. The number of amides is 1. The molecule has 4 rings (SSSR count). The first kappa shape index (κ1) is 20.7. The molecule has 0 spiro atoms. The number of alkyl halides is 3. The molecule has 1 N–H and O–H groups in total. The number of aryl methyl sites for hydroxylation is 2. The van der Waals surface area contributed by atoms with Gasteiger partial charge in [0.15, 0.2) is 0 Å². The smallest absolute Gasteiger partial charge is 0.356 e. The Balaban J connectivity index is 1.27. The maximum Gasteiger partial charge on any atom is 0.417 e. The van der Waals surface area contributed by atoms with E-state index in [0.717, 1.165) is 43.5 Å². The maximum absolute atomic E-state index is 12.7. The van der Waals surface area contributed by atoms with Gasteiger partial charge in [-0.3, -0.25) is 4.79 Å². The van der Waals surface area contributed by atoms with Crippen molar-refractivity contribution >= 4 is 11.7 Å². The van der Waals surface area contributed by atoms with Gasteiger partial charge < -0.3 is 10.2 Å². The zero-order valence-electron chi connectivity index (χ0n) is 16.8. The Bertz CT molecular complexity index is 888. The monoisotopic (exact) mass is 417 g/mol. The van der Waals surface area contributed by atoms with Crippen molar-refractivity contribution in [2.75, 3.05) is 18.0 Å². The molecular formula is C23H26F3N3O. The van der Waals surface area contributed by atoms with E-state index < -0.39 is 11.7 Å². The fraction of sp³-hybridized carbons (Fsp3) is 0.478. The van der Waals surface area contributed by atoms with Gasteiger partial charge in [0.2, 0.25) is 5.91 Å². The third kappa shape index (κ3) is 4.94. The lowest BCUT2D eigenvalue weighted by Crippen LogP contribution is -2.45. The molecule has 1 aliphatic carbocycles. The van der Waals surface area contributed by atoms with E-state index >= 15 is 0 Å². The zero-order valence-corrected chi connectivity index (χ0v) is 16.8. The number of fused-ring (bicyclic) bond motifs is 1. The second-order valence-corrected chi connectivity index (χ2v) is 8.22. The topological polar surface area (TPSA) is 45.2 Å². The van der Waals surface area contributed by atoms with Crippen LogP contribution in [-0.2, 0) is 30.2 Å². The average Bonchev–Trinajstić information content (AvgIpc) is 2.74. The van der Waals surface area contributed by atoms with Crippen LogP contribution in [0.15, 0.2) is 36.5 Å². The molecule has 2 heterocycles. The number of anilines is 1. The summed E-state index contributed by atoms with van der Waals surface area (Å²) in [5, 5.41) is 3.11. The van der Waals surface area contributed by atoms with E-state index in [4.69, 9.17) is 0 Å². The summed E-state index contributed by atoms with van der Waals surface area (Å²) < 4.78 is 38.0. The molecule has 7 heteroatoms. The summed E-state index contributed by atoms with van der Waals surface area (Å²) in [6.45, 7) is 1.31. The molecule has 160 valence electrons. The number of piperidine rings is 1. The van der Waals surface area contributed by atoms with Gasteiger partial charge >= 0.3 is 6.18 Å². The molecule has 1 aromatic heterocycles. The van der Waals surface area contributed by atoms with Crippen molar-refractivity contribution in [1.82, 2.24) is 10.3 Å². The zero-order chi connectivity index (χ0) is 21.1. The van der Waals surface area contributed by atoms with Crippen molar-refractivity contribution in [3.63, 3.8) is 0 Å². The molecule has 2 aliphatic rings. The molecule has 0 atom stereocenters. The Labute approximate surface area is 174 Å². The molecule has 1 fully saturated rings. The molecule has 1 saturated heterocycles. The molecule has 1 aliphatic heterocycles. The maximum atomic E-state index is 12.7. The number of nitrogens with zero attached hydrogens (tertiary/aromatic N) is 2. The number of benzene rings is 1. The van der Waals surface area contributed by atoms with E-state index in [1.54, 1.807) is 0 Å². The molecule has 0 bridgehead atoms. The highest BCUT2D eigenvalue weighted by atomic mass is 19.4. The van der Waals surface area contributed by atoms with E-state index in [2.05, 4.69) is 28.5 Å². The highest BCUT2D eigenvalue weighted by molar-refractivity contribution is 5.79. The summed E-state index contributed by atoms with van der Waals surface area (Å²) in [7, 11) is 0. The summed E-state index contributed by atoms with van der Waals surface area (Å²) in [4.78, 5) is 18.4. The van der Waals surface area contributed by atoms with Gasteiger partial charge in [-0.1, -0.05) is 18.2 Å². The standard InChI is InChI=1S/C23H26F3N3O/c24-23(25,26)19-7-8-21(27-15-19)29-11-9-20(10-12-29)28-22(30)14-16-5-6-17-3-1-2-4-18(17)13-16/h5-8,13,15,20H,1-4,9-12,14H2,(H,28,30).